The van der Waals surface area contributed by atoms with Crippen LogP contribution in [0.5, 0.6) is 0 Å². The zero-order valence-electron chi connectivity index (χ0n) is 18.0. The van der Waals surface area contributed by atoms with Crippen LogP contribution in [0.3, 0.4) is 0 Å². The van der Waals surface area contributed by atoms with Crippen LogP contribution in [-0.2, 0) is 6.42 Å². The zero-order chi connectivity index (χ0) is 22.7. The molecular weight excluding hydrogens is 400 g/mol. The Morgan fingerprint density at radius 2 is 1.41 bits per heavy atom. The van der Waals surface area contributed by atoms with Crippen molar-refractivity contribution in [2.45, 2.75) is 38.5 Å². The fourth-order valence-corrected chi connectivity index (χ4v) is 4.80. The standard InChI is InChI=1S/C20H20.C8H6O4/c1-2-14-7-5-8-16-11-12-18-17-9-4-3-6-15(17)10-13-19(18)20(14)16;9-7(10)5-3-1-2-4-6(5)8(11)12/h3-4,6,9-14H,2,5,7-8H2,1H3;1-4H,(H,9,10)(H,11,12). The van der Waals surface area contributed by atoms with Gasteiger partial charge < -0.3 is 10.2 Å². The highest BCUT2D eigenvalue weighted by molar-refractivity contribution is 6.09. The fraction of sp³-hybridized carbons (Fsp3) is 0.214. The summed E-state index contributed by atoms with van der Waals surface area (Å²) in [6.45, 7) is 2.33. The first kappa shape index (κ1) is 21.6. The SMILES string of the molecule is CCC1CCCc2ccc3c(ccc4ccccc43)c21.O=C(O)c1ccccc1C(=O)O. The van der Waals surface area contributed by atoms with Crippen LogP contribution in [0.2, 0.25) is 0 Å². The van der Waals surface area contributed by atoms with Gasteiger partial charge in [0.2, 0.25) is 0 Å². The van der Waals surface area contributed by atoms with Crippen molar-refractivity contribution in [3.63, 3.8) is 0 Å². The minimum atomic E-state index is -1.23. The summed E-state index contributed by atoms with van der Waals surface area (Å²) in [7, 11) is 0. The van der Waals surface area contributed by atoms with Crippen molar-refractivity contribution in [2.24, 2.45) is 0 Å². The van der Waals surface area contributed by atoms with Crippen LogP contribution in [0.1, 0.15) is 63.9 Å². The van der Waals surface area contributed by atoms with E-state index >= 15 is 0 Å². The van der Waals surface area contributed by atoms with E-state index in [-0.39, 0.29) is 11.1 Å². The lowest BCUT2D eigenvalue weighted by Gasteiger charge is -2.26. The Morgan fingerprint density at radius 3 is 2.06 bits per heavy atom. The van der Waals surface area contributed by atoms with Gasteiger partial charge in [0.05, 0.1) is 11.1 Å². The molecule has 0 saturated heterocycles. The predicted molar refractivity (Wildman–Crippen MR) is 128 cm³/mol. The van der Waals surface area contributed by atoms with E-state index in [9.17, 15) is 9.59 Å². The fourth-order valence-electron chi connectivity index (χ4n) is 4.80. The van der Waals surface area contributed by atoms with Crippen LogP contribution in [-0.4, -0.2) is 22.2 Å². The van der Waals surface area contributed by atoms with Gasteiger partial charge in [-0.15, -0.1) is 0 Å². The normalized spacial score (nSPS) is 15.0. The Hall–Kier alpha value is -3.66. The third kappa shape index (κ3) is 4.09. The molecule has 0 saturated carbocycles. The van der Waals surface area contributed by atoms with Crippen LogP contribution < -0.4 is 0 Å². The van der Waals surface area contributed by atoms with Crippen LogP contribution in [0.25, 0.3) is 21.5 Å². The second-order valence-electron chi connectivity index (χ2n) is 8.17. The highest BCUT2D eigenvalue weighted by Gasteiger charge is 2.21. The number of carbonyl (C=O) groups is 2. The van der Waals surface area contributed by atoms with Gasteiger partial charge in [-0.2, -0.15) is 0 Å². The summed E-state index contributed by atoms with van der Waals surface area (Å²) in [5.74, 6) is -1.70. The third-order valence-corrected chi connectivity index (χ3v) is 6.35. The van der Waals surface area contributed by atoms with E-state index in [0.717, 1.165) is 5.92 Å². The van der Waals surface area contributed by atoms with Gasteiger partial charge in [-0.1, -0.05) is 67.6 Å². The monoisotopic (exact) mass is 426 g/mol. The molecule has 4 aromatic carbocycles. The van der Waals surface area contributed by atoms with Crippen molar-refractivity contribution >= 4 is 33.5 Å². The summed E-state index contributed by atoms with van der Waals surface area (Å²) in [6.07, 6.45) is 5.23. The average Bonchev–Trinajstić information content (AvgIpc) is 2.83. The second kappa shape index (κ2) is 9.23. The van der Waals surface area contributed by atoms with Crippen molar-refractivity contribution in [1.29, 1.82) is 0 Å². The Kier molecular flexibility index (Phi) is 6.22. The minimum Gasteiger partial charge on any atom is -0.478 e. The molecule has 0 amide bonds. The summed E-state index contributed by atoms with van der Waals surface area (Å²) < 4.78 is 0. The number of aromatic carboxylic acids is 2. The molecule has 0 aromatic heterocycles. The Bertz CT molecular complexity index is 1270. The number of hydrogen-bond donors (Lipinski definition) is 2. The molecule has 1 atom stereocenters. The van der Waals surface area contributed by atoms with E-state index in [1.54, 1.807) is 11.1 Å². The second-order valence-corrected chi connectivity index (χ2v) is 8.17. The molecule has 1 unspecified atom stereocenters. The molecule has 2 N–H and O–H groups in total. The van der Waals surface area contributed by atoms with Crippen LogP contribution >= 0.6 is 0 Å². The maximum absolute atomic E-state index is 10.5. The van der Waals surface area contributed by atoms with Crippen molar-refractivity contribution in [2.75, 3.05) is 0 Å². The first-order valence-corrected chi connectivity index (χ1v) is 11.0. The van der Waals surface area contributed by atoms with E-state index < -0.39 is 11.9 Å². The molecular formula is C28H26O4. The molecule has 5 rings (SSSR count). The Balaban J connectivity index is 0.000000176. The first-order chi connectivity index (χ1) is 15.5. The van der Waals surface area contributed by atoms with E-state index in [1.165, 1.54) is 71.5 Å². The number of fused-ring (bicyclic) bond motifs is 5. The lowest BCUT2D eigenvalue weighted by molar-refractivity contribution is 0.0651. The number of benzene rings is 4. The maximum Gasteiger partial charge on any atom is 0.336 e. The van der Waals surface area contributed by atoms with Crippen LogP contribution in [0.15, 0.2) is 72.8 Å². The molecule has 0 radical (unpaired) electrons. The van der Waals surface area contributed by atoms with Crippen molar-refractivity contribution < 1.29 is 19.8 Å². The molecule has 1 aliphatic carbocycles. The number of rotatable bonds is 3. The van der Waals surface area contributed by atoms with E-state index in [1.807, 2.05) is 0 Å². The number of carboxylic acid groups (broad SMARTS) is 2. The summed E-state index contributed by atoms with van der Waals surface area (Å²) in [6, 6.07) is 23.6. The quantitative estimate of drug-likeness (QED) is 0.349. The molecule has 0 spiro atoms. The largest absolute Gasteiger partial charge is 0.478 e. The van der Waals surface area contributed by atoms with Crippen LogP contribution in [0, 0.1) is 0 Å². The van der Waals surface area contributed by atoms with Gasteiger partial charge in [0.1, 0.15) is 0 Å². The number of hydrogen-bond acceptors (Lipinski definition) is 2. The molecule has 32 heavy (non-hydrogen) atoms. The molecule has 0 bridgehead atoms. The van der Waals surface area contributed by atoms with E-state index in [2.05, 4.69) is 55.5 Å². The average molecular weight is 427 g/mol. The van der Waals surface area contributed by atoms with Gasteiger partial charge >= 0.3 is 11.9 Å². The predicted octanol–water partition coefficient (Wildman–Crippen LogP) is 6.91. The van der Waals surface area contributed by atoms with Gasteiger partial charge in [-0.3, -0.25) is 0 Å². The molecule has 1 aliphatic rings. The highest BCUT2D eigenvalue weighted by Crippen LogP contribution is 2.40. The minimum absolute atomic E-state index is 0.190. The van der Waals surface area contributed by atoms with Crippen molar-refractivity contribution in [3.05, 3.63) is 95.1 Å². The maximum atomic E-state index is 10.5. The van der Waals surface area contributed by atoms with E-state index in [0.29, 0.717) is 0 Å². The molecule has 4 aromatic rings. The topological polar surface area (TPSA) is 74.6 Å². The summed E-state index contributed by atoms with van der Waals surface area (Å²) in [5, 5.41) is 22.8. The van der Waals surface area contributed by atoms with Crippen molar-refractivity contribution in [1.82, 2.24) is 0 Å². The number of carboxylic acids is 2. The van der Waals surface area contributed by atoms with Crippen LogP contribution in [0.4, 0.5) is 0 Å². The highest BCUT2D eigenvalue weighted by atomic mass is 16.4. The van der Waals surface area contributed by atoms with Gasteiger partial charge in [0.25, 0.3) is 0 Å². The molecule has 0 heterocycles. The van der Waals surface area contributed by atoms with Gasteiger partial charge in [0.15, 0.2) is 0 Å². The molecule has 0 aliphatic heterocycles. The molecule has 4 nitrogen and oxygen atoms in total. The zero-order valence-corrected chi connectivity index (χ0v) is 18.0. The lowest BCUT2D eigenvalue weighted by atomic mass is 9.78. The first-order valence-electron chi connectivity index (χ1n) is 11.0. The molecule has 162 valence electrons. The van der Waals surface area contributed by atoms with E-state index in [4.69, 9.17) is 10.2 Å². The summed E-state index contributed by atoms with van der Waals surface area (Å²) >= 11 is 0. The van der Waals surface area contributed by atoms with Gasteiger partial charge in [-0.05, 0) is 76.4 Å². The smallest absolute Gasteiger partial charge is 0.336 e. The third-order valence-electron chi connectivity index (χ3n) is 6.35. The van der Waals surface area contributed by atoms with Gasteiger partial charge in [-0.25, -0.2) is 9.59 Å². The van der Waals surface area contributed by atoms with Gasteiger partial charge in [0, 0.05) is 0 Å². The summed E-state index contributed by atoms with van der Waals surface area (Å²) in [4.78, 5) is 20.9. The molecule has 4 heteroatoms. The Morgan fingerprint density at radius 1 is 0.781 bits per heavy atom. The lowest BCUT2D eigenvalue weighted by Crippen LogP contribution is -2.09. The summed E-state index contributed by atoms with van der Waals surface area (Å²) in [5.41, 5.74) is 2.85. The number of aryl methyl sites for hydroxylation is 1. The Labute approximate surface area is 187 Å². The molecule has 0 fully saturated rings. The van der Waals surface area contributed by atoms with Crippen molar-refractivity contribution in [3.8, 4) is 0 Å².